The van der Waals surface area contributed by atoms with E-state index in [0.717, 1.165) is 31.5 Å². The minimum Gasteiger partial charge on any atom is -0.302 e. The molecule has 1 atom stereocenters. The Bertz CT molecular complexity index is 562. The fourth-order valence-electron chi connectivity index (χ4n) is 3.76. The standard InChI is InChI=1S/C19H26N2O2/c1-14(2)15-6-5-10-20(11-9-15)12-13-21-18(22)16-7-3-4-8-17(16)19(21)23/h3-4,7-8,14-15H,5-6,9-13H2,1-2H3. The second-order valence-corrected chi connectivity index (χ2v) is 7.08. The first-order valence-corrected chi connectivity index (χ1v) is 8.75. The highest BCUT2D eigenvalue weighted by atomic mass is 16.2. The number of hydrogen-bond acceptors (Lipinski definition) is 3. The van der Waals surface area contributed by atoms with Crippen LogP contribution in [0.25, 0.3) is 0 Å². The van der Waals surface area contributed by atoms with Gasteiger partial charge in [-0.2, -0.15) is 0 Å². The maximum Gasteiger partial charge on any atom is 0.261 e. The number of hydrogen-bond donors (Lipinski definition) is 0. The summed E-state index contributed by atoms with van der Waals surface area (Å²) in [6.07, 6.45) is 3.73. The summed E-state index contributed by atoms with van der Waals surface area (Å²) in [5.41, 5.74) is 1.10. The number of imide groups is 1. The van der Waals surface area contributed by atoms with Crippen LogP contribution in [0, 0.1) is 11.8 Å². The number of fused-ring (bicyclic) bond motifs is 1. The van der Waals surface area contributed by atoms with Crippen molar-refractivity contribution >= 4 is 11.8 Å². The lowest BCUT2D eigenvalue weighted by atomic mass is 9.89. The van der Waals surface area contributed by atoms with Crippen LogP contribution in [-0.2, 0) is 0 Å². The molecule has 1 aromatic carbocycles. The Kier molecular flexibility index (Phi) is 4.81. The van der Waals surface area contributed by atoms with Gasteiger partial charge in [0, 0.05) is 13.1 Å². The average Bonchev–Trinajstić information content (AvgIpc) is 2.73. The Morgan fingerprint density at radius 1 is 1.00 bits per heavy atom. The molecule has 0 spiro atoms. The number of likely N-dealkylation sites (tertiary alicyclic amines) is 1. The van der Waals surface area contributed by atoms with Gasteiger partial charge in [0.25, 0.3) is 11.8 Å². The normalized spacial score (nSPS) is 22.6. The third kappa shape index (κ3) is 3.32. The molecule has 1 aromatic rings. The molecule has 2 amide bonds. The molecule has 4 nitrogen and oxygen atoms in total. The van der Waals surface area contributed by atoms with Crippen molar-refractivity contribution in [2.75, 3.05) is 26.2 Å². The molecular formula is C19H26N2O2. The zero-order valence-corrected chi connectivity index (χ0v) is 14.1. The van der Waals surface area contributed by atoms with Gasteiger partial charge in [0.15, 0.2) is 0 Å². The first-order valence-electron chi connectivity index (χ1n) is 8.75. The molecule has 2 aliphatic heterocycles. The molecule has 3 rings (SSSR count). The second kappa shape index (κ2) is 6.83. The van der Waals surface area contributed by atoms with Gasteiger partial charge in [-0.05, 0) is 56.3 Å². The van der Waals surface area contributed by atoms with Crippen LogP contribution in [0.5, 0.6) is 0 Å². The number of benzene rings is 1. The van der Waals surface area contributed by atoms with Crippen LogP contribution in [0.1, 0.15) is 53.8 Å². The minimum atomic E-state index is -0.138. The Labute approximate surface area is 138 Å². The summed E-state index contributed by atoms with van der Waals surface area (Å²) in [4.78, 5) is 28.6. The lowest BCUT2D eigenvalue weighted by Crippen LogP contribution is -2.38. The van der Waals surface area contributed by atoms with Gasteiger partial charge in [-0.1, -0.05) is 26.0 Å². The molecule has 23 heavy (non-hydrogen) atoms. The molecule has 2 heterocycles. The lowest BCUT2D eigenvalue weighted by Gasteiger charge is -2.23. The number of nitrogens with zero attached hydrogens (tertiary/aromatic N) is 2. The zero-order chi connectivity index (χ0) is 16.4. The van der Waals surface area contributed by atoms with Gasteiger partial charge >= 0.3 is 0 Å². The van der Waals surface area contributed by atoms with E-state index in [1.165, 1.54) is 24.2 Å². The first-order chi connectivity index (χ1) is 11.1. The molecule has 0 radical (unpaired) electrons. The van der Waals surface area contributed by atoms with E-state index in [4.69, 9.17) is 0 Å². The summed E-state index contributed by atoms with van der Waals surface area (Å²) in [6, 6.07) is 7.12. The van der Waals surface area contributed by atoms with Crippen LogP contribution in [-0.4, -0.2) is 47.8 Å². The second-order valence-electron chi connectivity index (χ2n) is 7.08. The van der Waals surface area contributed by atoms with Gasteiger partial charge in [-0.15, -0.1) is 0 Å². The smallest absolute Gasteiger partial charge is 0.261 e. The third-order valence-corrected chi connectivity index (χ3v) is 5.33. The Balaban J connectivity index is 1.57. The molecule has 2 aliphatic rings. The molecule has 0 aromatic heterocycles. The molecule has 0 N–H and O–H groups in total. The maximum absolute atomic E-state index is 12.4. The number of amides is 2. The van der Waals surface area contributed by atoms with Gasteiger partial charge in [-0.25, -0.2) is 0 Å². The third-order valence-electron chi connectivity index (χ3n) is 5.33. The topological polar surface area (TPSA) is 40.6 Å². The van der Waals surface area contributed by atoms with Crippen molar-refractivity contribution < 1.29 is 9.59 Å². The highest BCUT2D eigenvalue weighted by Gasteiger charge is 2.35. The van der Waals surface area contributed by atoms with Gasteiger partial charge < -0.3 is 4.90 Å². The number of rotatable bonds is 4. The van der Waals surface area contributed by atoms with Gasteiger partial charge in [-0.3, -0.25) is 14.5 Å². The molecule has 0 aliphatic carbocycles. The number of carbonyl (C=O) groups is 2. The summed E-state index contributed by atoms with van der Waals surface area (Å²) < 4.78 is 0. The predicted octanol–water partition coefficient (Wildman–Crippen LogP) is 3.04. The van der Waals surface area contributed by atoms with Crippen LogP contribution in [0.4, 0.5) is 0 Å². The van der Waals surface area contributed by atoms with E-state index in [9.17, 15) is 9.59 Å². The van der Waals surface area contributed by atoms with Crippen LogP contribution in [0.3, 0.4) is 0 Å². The summed E-state index contributed by atoms with van der Waals surface area (Å²) >= 11 is 0. The molecule has 1 saturated heterocycles. The highest BCUT2D eigenvalue weighted by Crippen LogP contribution is 2.25. The molecule has 0 bridgehead atoms. The van der Waals surface area contributed by atoms with E-state index in [-0.39, 0.29) is 11.8 Å². The summed E-state index contributed by atoms with van der Waals surface area (Å²) in [7, 11) is 0. The van der Waals surface area contributed by atoms with Gasteiger partial charge in [0.05, 0.1) is 11.1 Å². The maximum atomic E-state index is 12.4. The highest BCUT2D eigenvalue weighted by molar-refractivity contribution is 6.21. The quantitative estimate of drug-likeness (QED) is 0.802. The molecular weight excluding hydrogens is 288 g/mol. The first kappa shape index (κ1) is 16.2. The van der Waals surface area contributed by atoms with Crippen molar-refractivity contribution in [3.8, 4) is 0 Å². The molecule has 0 saturated carbocycles. The van der Waals surface area contributed by atoms with E-state index in [0.29, 0.717) is 17.7 Å². The average molecular weight is 314 g/mol. The largest absolute Gasteiger partial charge is 0.302 e. The predicted molar refractivity (Wildman–Crippen MR) is 90.4 cm³/mol. The van der Waals surface area contributed by atoms with Crippen molar-refractivity contribution in [1.29, 1.82) is 0 Å². The zero-order valence-electron chi connectivity index (χ0n) is 14.1. The Morgan fingerprint density at radius 3 is 2.26 bits per heavy atom. The van der Waals surface area contributed by atoms with Crippen LogP contribution >= 0.6 is 0 Å². The van der Waals surface area contributed by atoms with Crippen LogP contribution < -0.4 is 0 Å². The van der Waals surface area contributed by atoms with Crippen LogP contribution in [0.15, 0.2) is 24.3 Å². The molecule has 1 fully saturated rings. The van der Waals surface area contributed by atoms with E-state index < -0.39 is 0 Å². The minimum absolute atomic E-state index is 0.138. The summed E-state index contributed by atoms with van der Waals surface area (Å²) in [5, 5.41) is 0. The van der Waals surface area contributed by atoms with E-state index >= 15 is 0 Å². The van der Waals surface area contributed by atoms with Crippen molar-refractivity contribution in [2.45, 2.75) is 33.1 Å². The van der Waals surface area contributed by atoms with Crippen molar-refractivity contribution in [1.82, 2.24) is 9.80 Å². The van der Waals surface area contributed by atoms with Crippen molar-refractivity contribution in [2.24, 2.45) is 11.8 Å². The van der Waals surface area contributed by atoms with E-state index in [2.05, 4.69) is 18.7 Å². The van der Waals surface area contributed by atoms with E-state index in [1.54, 1.807) is 12.1 Å². The lowest BCUT2D eigenvalue weighted by molar-refractivity contribution is 0.0636. The van der Waals surface area contributed by atoms with Gasteiger partial charge in [0.1, 0.15) is 0 Å². The number of carbonyl (C=O) groups excluding carboxylic acids is 2. The van der Waals surface area contributed by atoms with Crippen LogP contribution in [0.2, 0.25) is 0 Å². The summed E-state index contributed by atoms with van der Waals surface area (Å²) in [5.74, 6) is 1.27. The Morgan fingerprint density at radius 2 is 1.65 bits per heavy atom. The fourth-order valence-corrected chi connectivity index (χ4v) is 3.76. The SMILES string of the molecule is CC(C)C1CCCN(CCN2C(=O)c3ccccc3C2=O)CC1. The fraction of sp³-hybridized carbons (Fsp3) is 0.579. The van der Waals surface area contributed by atoms with E-state index in [1.807, 2.05) is 12.1 Å². The molecule has 124 valence electrons. The Hall–Kier alpha value is -1.68. The van der Waals surface area contributed by atoms with Gasteiger partial charge in [0.2, 0.25) is 0 Å². The monoisotopic (exact) mass is 314 g/mol. The summed E-state index contributed by atoms with van der Waals surface area (Å²) in [6.45, 7) is 8.05. The molecule has 4 heteroatoms. The molecule has 1 unspecified atom stereocenters. The van der Waals surface area contributed by atoms with Crippen molar-refractivity contribution in [3.05, 3.63) is 35.4 Å². The van der Waals surface area contributed by atoms with Crippen molar-refractivity contribution in [3.63, 3.8) is 0 Å².